The van der Waals surface area contributed by atoms with Crippen molar-refractivity contribution in [3.63, 3.8) is 0 Å². The van der Waals surface area contributed by atoms with Gasteiger partial charge in [0, 0.05) is 10.0 Å². The number of hydrogen-bond acceptors (Lipinski definition) is 1. The summed E-state index contributed by atoms with van der Waals surface area (Å²) in [7, 11) is 0. The molecule has 2 aromatic carbocycles. The first kappa shape index (κ1) is 13.6. The number of Topliss-reactive ketones (excluding diaryl/α,β-unsaturated/α-hetero) is 1. The molecule has 0 saturated carbocycles. The van der Waals surface area contributed by atoms with E-state index in [0.29, 0.717) is 10.6 Å². The molecule has 0 spiro atoms. The van der Waals surface area contributed by atoms with E-state index >= 15 is 0 Å². The monoisotopic (exact) mass is 342 g/mol. The van der Waals surface area contributed by atoms with Crippen molar-refractivity contribution >= 4 is 44.9 Å². The van der Waals surface area contributed by atoms with Crippen molar-refractivity contribution in [2.24, 2.45) is 0 Å². The van der Waals surface area contributed by atoms with E-state index in [1.165, 1.54) is 0 Å². The van der Waals surface area contributed by atoms with Crippen molar-refractivity contribution in [1.29, 1.82) is 0 Å². The van der Waals surface area contributed by atoms with Crippen molar-refractivity contribution in [1.82, 2.24) is 0 Å². The van der Waals surface area contributed by atoms with Crippen LogP contribution in [-0.2, 0) is 0 Å². The quantitative estimate of drug-likeness (QED) is 0.548. The van der Waals surface area contributed by atoms with Crippen molar-refractivity contribution in [3.05, 3.63) is 69.2 Å². The van der Waals surface area contributed by atoms with Gasteiger partial charge in [0.2, 0.25) is 0 Å². The van der Waals surface area contributed by atoms with Crippen LogP contribution >= 0.6 is 39.1 Å². The predicted molar refractivity (Wildman–Crippen MR) is 78.5 cm³/mol. The molecule has 18 heavy (non-hydrogen) atoms. The summed E-state index contributed by atoms with van der Waals surface area (Å²) in [5.41, 5.74) is 1.29. The second kappa shape index (κ2) is 5.87. The van der Waals surface area contributed by atoms with Gasteiger partial charge in [0.25, 0.3) is 0 Å². The summed E-state index contributed by atoms with van der Waals surface area (Å²) in [6, 6.07) is 14.3. The van der Waals surface area contributed by atoms with E-state index in [1.807, 2.05) is 30.3 Å². The van der Waals surface area contributed by atoms with Crippen molar-refractivity contribution in [2.45, 2.75) is 5.38 Å². The molecule has 0 aliphatic heterocycles. The number of halogens is 3. The zero-order valence-corrected chi connectivity index (χ0v) is 12.3. The van der Waals surface area contributed by atoms with Crippen LogP contribution in [0.25, 0.3) is 0 Å². The average Bonchev–Trinajstić information content (AvgIpc) is 2.41. The van der Waals surface area contributed by atoms with E-state index in [4.69, 9.17) is 23.2 Å². The highest BCUT2D eigenvalue weighted by Crippen LogP contribution is 2.28. The molecule has 0 heterocycles. The number of carbonyl (C=O) groups is 1. The van der Waals surface area contributed by atoms with Crippen LogP contribution < -0.4 is 0 Å². The Labute approximate surface area is 124 Å². The molecule has 0 N–H and O–H groups in total. The molecule has 1 nitrogen and oxygen atoms in total. The summed E-state index contributed by atoms with van der Waals surface area (Å²) in [6.07, 6.45) is 0. The van der Waals surface area contributed by atoms with Crippen LogP contribution in [0.4, 0.5) is 0 Å². The Hall–Kier alpha value is -0.830. The maximum absolute atomic E-state index is 12.2. The molecule has 2 rings (SSSR count). The van der Waals surface area contributed by atoms with Crippen LogP contribution in [-0.4, -0.2) is 5.78 Å². The minimum Gasteiger partial charge on any atom is -0.292 e. The molecule has 0 fully saturated rings. The summed E-state index contributed by atoms with van der Waals surface area (Å²) >= 11 is 15.4. The second-order valence-electron chi connectivity index (χ2n) is 3.77. The van der Waals surface area contributed by atoms with Crippen molar-refractivity contribution in [3.8, 4) is 0 Å². The predicted octanol–water partition coefficient (Wildman–Crippen LogP) is 5.27. The van der Waals surface area contributed by atoms with E-state index in [2.05, 4.69) is 15.9 Å². The maximum Gasteiger partial charge on any atom is 0.185 e. The third-order valence-corrected chi connectivity index (χ3v) is 4.21. The van der Waals surface area contributed by atoms with Crippen molar-refractivity contribution < 1.29 is 4.79 Å². The first-order valence-electron chi connectivity index (χ1n) is 5.28. The fourth-order valence-electron chi connectivity index (χ4n) is 1.57. The third kappa shape index (κ3) is 2.94. The van der Waals surface area contributed by atoms with Gasteiger partial charge in [0.15, 0.2) is 5.78 Å². The van der Waals surface area contributed by atoms with Gasteiger partial charge in [-0.15, -0.1) is 11.6 Å². The summed E-state index contributed by atoms with van der Waals surface area (Å²) in [6.45, 7) is 0. The molecule has 1 atom stereocenters. The zero-order valence-electron chi connectivity index (χ0n) is 9.24. The Morgan fingerprint density at radius 2 is 1.78 bits per heavy atom. The summed E-state index contributed by atoms with van der Waals surface area (Å²) < 4.78 is 0.756. The van der Waals surface area contributed by atoms with Crippen LogP contribution in [0.2, 0.25) is 5.02 Å². The van der Waals surface area contributed by atoms with E-state index in [0.717, 1.165) is 10.0 Å². The van der Waals surface area contributed by atoms with Gasteiger partial charge in [-0.3, -0.25) is 4.79 Å². The first-order valence-corrected chi connectivity index (χ1v) is 6.88. The number of carbonyl (C=O) groups excluding carboxylic acids is 1. The van der Waals surface area contributed by atoms with Gasteiger partial charge in [-0.2, -0.15) is 0 Å². The molecular weight excluding hydrogens is 335 g/mol. The minimum absolute atomic E-state index is 0.155. The van der Waals surface area contributed by atoms with Gasteiger partial charge in [0.1, 0.15) is 5.38 Å². The van der Waals surface area contributed by atoms with Gasteiger partial charge < -0.3 is 0 Å². The Bertz CT molecular complexity index is 569. The number of rotatable bonds is 3. The van der Waals surface area contributed by atoms with Crippen LogP contribution in [0.15, 0.2) is 53.0 Å². The van der Waals surface area contributed by atoms with Gasteiger partial charge in [-0.25, -0.2) is 0 Å². The molecule has 2 aromatic rings. The van der Waals surface area contributed by atoms with Gasteiger partial charge >= 0.3 is 0 Å². The zero-order chi connectivity index (χ0) is 13.1. The number of alkyl halides is 1. The normalized spacial score (nSPS) is 12.2. The molecule has 4 heteroatoms. The molecule has 0 radical (unpaired) electrons. The standard InChI is InChI=1S/C14H9BrCl2O/c15-11-7-6-10(8-12(11)16)14(18)13(17)9-4-2-1-3-5-9/h1-8,13H. The Morgan fingerprint density at radius 3 is 2.39 bits per heavy atom. The molecule has 1 unspecified atom stereocenters. The molecule has 92 valence electrons. The van der Waals surface area contributed by atoms with Gasteiger partial charge in [0.05, 0.1) is 5.02 Å². The smallest absolute Gasteiger partial charge is 0.185 e. The fraction of sp³-hybridized carbons (Fsp3) is 0.0714. The van der Waals surface area contributed by atoms with Crippen LogP contribution in [0, 0.1) is 0 Å². The number of hydrogen-bond donors (Lipinski definition) is 0. The molecular formula is C14H9BrCl2O. The Kier molecular flexibility index (Phi) is 4.44. The lowest BCUT2D eigenvalue weighted by molar-refractivity contribution is 0.0987. The van der Waals surface area contributed by atoms with Gasteiger partial charge in [-0.05, 0) is 33.6 Å². The lowest BCUT2D eigenvalue weighted by Gasteiger charge is -2.09. The van der Waals surface area contributed by atoms with E-state index in [1.54, 1.807) is 18.2 Å². The Morgan fingerprint density at radius 1 is 1.11 bits per heavy atom. The highest BCUT2D eigenvalue weighted by molar-refractivity contribution is 9.10. The topological polar surface area (TPSA) is 17.1 Å². The lowest BCUT2D eigenvalue weighted by atomic mass is 10.0. The van der Waals surface area contributed by atoms with Crippen LogP contribution in [0.5, 0.6) is 0 Å². The first-order chi connectivity index (χ1) is 8.59. The highest BCUT2D eigenvalue weighted by atomic mass is 79.9. The molecule has 0 amide bonds. The summed E-state index contributed by atoms with van der Waals surface area (Å²) in [5.74, 6) is -0.155. The summed E-state index contributed by atoms with van der Waals surface area (Å²) in [4.78, 5) is 12.2. The molecule has 0 aromatic heterocycles. The molecule has 0 aliphatic rings. The average molecular weight is 344 g/mol. The van der Waals surface area contributed by atoms with E-state index in [-0.39, 0.29) is 5.78 Å². The van der Waals surface area contributed by atoms with E-state index < -0.39 is 5.38 Å². The number of ketones is 1. The molecule has 0 bridgehead atoms. The lowest BCUT2D eigenvalue weighted by Crippen LogP contribution is -2.07. The number of benzene rings is 2. The Balaban J connectivity index is 2.29. The highest BCUT2D eigenvalue weighted by Gasteiger charge is 2.19. The minimum atomic E-state index is -0.691. The third-order valence-electron chi connectivity index (χ3n) is 2.53. The molecule has 0 aliphatic carbocycles. The molecule has 0 saturated heterocycles. The van der Waals surface area contributed by atoms with Crippen LogP contribution in [0.3, 0.4) is 0 Å². The SMILES string of the molecule is O=C(c1ccc(Br)c(Cl)c1)C(Cl)c1ccccc1. The van der Waals surface area contributed by atoms with E-state index in [9.17, 15) is 4.79 Å². The van der Waals surface area contributed by atoms with Crippen LogP contribution in [0.1, 0.15) is 21.3 Å². The maximum atomic E-state index is 12.2. The second-order valence-corrected chi connectivity index (χ2v) is 5.46. The van der Waals surface area contributed by atoms with Gasteiger partial charge in [-0.1, -0.05) is 48.0 Å². The fourth-order valence-corrected chi connectivity index (χ4v) is 2.27. The summed E-state index contributed by atoms with van der Waals surface area (Å²) in [5, 5.41) is -0.193. The van der Waals surface area contributed by atoms with Crippen molar-refractivity contribution in [2.75, 3.05) is 0 Å². The largest absolute Gasteiger partial charge is 0.292 e.